The molecule has 0 aromatic carbocycles. The van der Waals surface area contributed by atoms with Gasteiger partial charge in [-0.2, -0.15) is 0 Å². The second-order valence-electron chi connectivity index (χ2n) is 3.88. The van der Waals surface area contributed by atoms with Crippen molar-refractivity contribution in [2.24, 2.45) is 0 Å². The number of nitrogen functional groups attached to an aromatic ring is 1. The van der Waals surface area contributed by atoms with E-state index in [4.69, 9.17) is 5.73 Å². The number of nitrogens with zero attached hydrogens (tertiary/aromatic N) is 3. The highest BCUT2D eigenvalue weighted by Crippen LogP contribution is 2.06. The number of pyridine rings is 1. The minimum absolute atomic E-state index is 0.234. The van der Waals surface area contributed by atoms with Crippen LogP contribution in [0.15, 0.2) is 24.3 Å². The van der Waals surface area contributed by atoms with Crippen LogP contribution in [-0.2, 0) is 0 Å². The average Bonchev–Trinajstić information content (AvgIpc) is 2.27. The third-order valence-corrected chi connectivity index (χ3v) is 2.21. The Balaban J connectivity index is 2.21. The molecule has 1 amide bonds. The lowest BCUT2D eigenvalue weighted by molar-refractivity contribution is 0.102. The first-order chi connectivity index (χ1) is 8.54. The van der Waals surface area contributed by atoms with Crippen LogP contribution in [0.2, 0.25) is 0 Å². The zero-order valence-electron chi connectivity index (χ0n) is 10.1. The van der Waals surface area contributed by atoms with Gasteiger partial charge >= 0.3 is 0 Å². The van der Waals surface area contributed by atoms with Gasteiger partial charge in [-0.15, -0.1) is 0 Å². The van der Waals surface area contributed by atoms with Crippen molar-refractivity contribution in [2.45, 2.75) is 13.8 Å². The van der Waals surface area contributed by atoms with Crippen LogP contribution >= 0.6 is 0 Å². The van der Waals surface area contributed by atoms with Crippen LogP contribution in [0.25, 0.3) is 0 Å². The molecule has 0 atom stereocenters. The Morgan fingerprint density at radius 3 is 2.44 bits per heavy atom. The van der Waals surface area contributed by atoms with Crippen molar-refractivity contribution in [2.75, 3.05) is 11.1 Å². The number of rotatable bonds is 2. The van der Waals surface area contributed by atoms with E-state index in [1.807, 2.05) is 19.9 Å². The van der Waals surface area contributed by atoms with Gasteiger partial charge in [0.05, 0.1) is 0 Å². The third-order valence-electron chi connectivity index (χ3n) is 2.21. The molecule has 6 nitrogen and oxygen atoms in total. The summed E-state index contributed by atoms with van der Waals surface area (Å²) in [6.45, 7) is 3.67. The zero-order valence-corrected chi connectivity index (χ0v) is 10.1. The fourth-order valence-electron chi connectivity index (χ4n) is 1.53. The molecule has 0 aliphatic heterocycles. The van der Waals surface area contributed by atoms with E-state index in [0.717, 1.165) is 11.4 Å². The molecule has 92 valence electrons. The topological polar surface area (TPSA) is 93.8 Å². The molecule has 0 spiro atoms. The highest BCUT2D eigenvalue weighted by atomic mass is 16.2. The first-order valence-corrected chi connectivity index (χ1v) is 5.41. The van der Waals surface area contributed by atoms with Gasteiger partial charge in [0.1, 0.15) is 11.5 Å². The second kappa shape index (κ2) is 4.79. The summed E-state index contributed by atoms with van der Waals surface area (Å²) in [6.07, 6.45) is 0. The van der Waals surface area contributed by atoms with Gasteiger partial charge in [0.2, 0.25) is 5.95 Å². The second-order valence-corrected chi connectivity index (χ2v) is 3.88. The average molecular weight is 243 g/mol. The molecule has 0 aliphatic carbocycles. The highest BCUT2D eigenvalue weighted by Gasteiger charge is 2.09. The Hall–Kier alpha value is -2.50. The fraction of sp³-hybridized carbons (Fsp3) is 0.167. The van der Waals surface area contributed by atoms with E-state index in [0.29, 0.717) is 5.82 Å². The monoisotopic (exact) mass is 243 g/mol. The van der Waals surface area contributed by atoms with E-state index in [1.165, 1.54) is 0 Å². The largest absolute Gasteiger partial charge is 0.384 e. The molecule has 18 heavy (non-hydrogen) atoms. The minimum atomic E-state index is -0.382. The van der Waals surface area contributed by atoms with Gasteiger partial charge in [0.15, 0.2) is 0 Å². The zero-order chi connectivity index (χ0) is 13.1. The summed E-state index contributed by atoms with van der Waals surface area (Å²) >= 11 is 0. The smallest absolute Gasteiger partial charge is 0.276 e. The Morgan fingerprint density at radius 2 is 1.83 bits per heavy atom. The summed E-state index contributed by atoms with van der Waals surface area (Å²) in [5.74, 6) is 0.179. The minimum Gasteiger partial charge on any atom is -0.384 e. The van der Waals surface area contributed by atoms with Gasteiger partial charge in [0.25, 0.3) is 5.91 Å². The van der Waals surface area contributed by atoms with Crippen molar-refractivity contribution in [3.8, 4) is 0 Å². The lowest BCUT2D eigenvalue weighted by atomic mass is 10.3. The van der Waals surface area contributed by atoms with Crippen LogP contribution in [0, 0.1) is 13.8 Å². The van der Waals surface area contributed by atoms with Crippen LogP contribution in [0.5, 0.6) is 0 Å². The van der Waals surface area contributed by atoms with Crippen molar-refractivity contribution in [3.05, 3.63) is 41.3 Å². The molecule has 0 radical (unpaired) electrons. The van der Waals surface area contributed by atoms with E-state index >= 15 is 0 Å². The molecule has 0 fully saturated rings. The fourth-order valence-corrected chi connectivity index (χ4v) is 1.53. The van der Waals surface area contributed by atoms with Crippen LogP contribution < -0.4 is 11.1 Å². The van der Waals surface area contributed by atoms with Crippen molar-refractivity contribution in [1.82, 2.24) is 15.0 Å². The number of aromatic nitrogens is 3. The van der Waals surface area contributed by atoms with E-state index in [1.54, 1.807) is 18.2 Å². The molecular formula is C12H13N5O. The van der Waals surface area contributed by atoms with Crippen molar-refractivity contribution in [1.29, 1.82) is 0 Å². The number of aryl methyl sites for hydroxylation is 2. The summed E-state index contributed by atoms with van der Waals surface area (Å²) < 4.78 is 0. The summed E-state index contributed by atoms with van der Waals surface area (Å²) in [6, 6.07) is 6.69. The SMILES string of the molecule is Cc1cc(C)nc(NC(=O)c2cccc(N)n2)n1. The highest BCUT2D eigenvalue weighted by molar-refractivity contribution is 6.02. The molecule has 0 bridgehead atoms. The van der Waals surface area contributed by atoms with E-state index < -0.39 is 0 Å². The van der Waals surface area contributed by atoms with Gasteiger partial charge in [0, 0.05) is 11.4 Å². The Bertz CT molecular complexity index is 577. The molecule has 0 saturated heterocycles. The first-order valence-electron chi connectivity index (χ1n) is 5.41. The predicted molar refractivity (Wildman–Crippen MR) is 68.1 cm³/mol. The lowest BCUT2D eigenvalue weighted by Gasteiger charge is -2.05. The molecule has 2 aromatic rings. The lowest BCUT2D eigenvalue weighted by Crippen LogP contribution is -2.16. The van der Waals surface area contributed by atoms with Gasteiger partial charge in [-0.1, -0.05) is 6.07 Å². The molecule has 2 heterocycles. The van der Waals surface area contributed by atoms with E-state index in [-0.39, 0.29) is 17.5 Å². The Labute approximate surface area is 104 Å². The maximum Gasteiger partial charge on any atom is 0.276 e. The molecule has 0 saturated carbocycles. The standard InChI is InChI=1S/C12H13N5O/c1-7-6-8(2)15-12(14-7)17-11(18)9-4-3-5-10(13)16-9/h3-6H,1-2H3,(H2,13,16)(H,14,15,17,18). The Kier molecular flexibility index (Phi) is 3.18. The molecule has 2 aromatic heterocycles. The number of carbonyl (C=O) groups is 1. The number of nitrogens with one attached hydrogen (secondary N) is 1. The molecule has 3 N–H and O–H groups in total. The van der Waals surface area contributed by atoms with Crippen molar-refractivity contribution < 1.29 is 4.79 Å². The third kappa shape index (κ3) is 2.79. The Morgan fingerprint density at radius 1 is 1.17 bits per heavy atom. The van der Waals surface area contributed by atoms with Crippen molar-refractivity contribution in [3.63, 3.8) is 0 Å². The predicted octanol–water partition coefficient (Wildman–Crippen LogP) is 1.32. The quantitative estimate of drug-likeness (QED) is 0.829. The molecule has 0 unspecified atom stereocenters. The molecule has 6 heteroatoms. The number of hydrogen-bond acceptors (Lipinski definition) is 5. The molecular weight excluding hydrogens is 230 g/mol. The van der Waals surface area contributed by atoms with Gasteiger partial charge in [-0.05, 0) is 32.0 Å². The van der Waals surface area contributed by atoms with Crippen LogP contribution in [0.4, 0.5) is 11.8 Å². The van der Waals surface area contributed by atoms with Crippen LogP contribution in [-0.4, -0.2) is 20.9 Å². The number of amides is 1. The normalized spacial score (nSPS) is 10.1. The summed E-state index contributed by atoms with van der Waals surface area (Å²) in [5.41, 5.74) is 7.33. The first kappa shape index (κ1) is 12.0. The van der Waals surface area contributed by atoms with Crippen LogP contribution in [0.3, 0.4) is 0 Å². The van der Waals surface area contributed by atoms with Crippen molar-refractivity contribution >= 4 is 17.7 Å². The summed E-state index contributed by atoms with van der Waals surface area (Å²) in [5, 5.41) is 2.59. The van der Waals surface area contributed by atoms with Crippen LogP contribution in [0.1, 0.15) is 21.9 Å². The number of hydrogen-bond donors (Lipinski definition) is 2. The van der Waals surface area contributed by atoms with Gasteiger partial charge in [-0.3, -0.25) is 10.1 Å². The number of nitrogens with two attached hydrogens (primary N) is 1. The maximum atomic E-state index is 11.9. The van der Waals surface area contributed by atoms with E-state index in [2.05, 4.69) is 20.3 Å². The maximum absolute atomic E-state index is 11.9. The number of carbonyl (C=O) groups excluding carboxylic acids is 1. The molecule has 2 rings (SSSR count). The molecule has 0 aliphatic rings. The summed E-state index contributed by atoms with van der Waals surface area (Å²) in [7, 11) is 0. The van der Waals surface area contributed by atoms with E-state index in [9.17, 15) is 4.79 Å². The van der Waals surface area contributed by atoms with Gasteiger partial charge in [-0.25, -0.2) is 15.0 Å². The van der Waals surface area contributed by atoms with Gasteiger partial charge < -0.3 is 5.73 Å². The summed E-state index contributed by atoms with van der Waals surface area (Å²) in [4.78, 5) is 24.0. The number of anilines is 2.